The topological polar surface area (TPSA) is 93.2 Å². The molecule has 8 heteroatoms. The minimum Gasteiger partial charge on any atom is -0.329 e. The van der Waals surface area contributed by atoms with Gasteiger partial charge in [-0.15, -0.1) is 0 Å². The Labute approximate surface area is 121 Å². The third-order valence-electron chi connectivity index (χ3n) is 2.99. The number of nitrogens with zero attached hydrogens (tertiary/aromatic N) is 3. The molecule has 0 aliphatic rings. The first-order valence-corrected chi connectivity index (χ1v) is 8.46. The fourth-order valence-corrected chi connectivity index (χ4v) is 2.88. The molecule has 20 heavy (non-hydrogen) atoms. The molecule has 0 amide bonds. The summed E-state index contributed by atoms with van der Waals surface area (Å²) in [7, 11) is -3.48. The van der Waals surface area contributed by atoms with E-state index in [1.54, 1.807) is 0 Å². The molecular formula is C12H25N5O2S. The average molecular weight is 303 g/mol. The zero-order valence-corrected chi connectivity index (χ0v) is 13.1. The number of nitrogens with two attached hydrogens (primary N) is 1. The molecule has 0 spiro atoms. The summed E-state index contributed by atoms with van der Waals surface area (Å²) in [6.45, 7) is 8.13. The molecule has 1 aromatic rings. The Hall–Kier alpha value is -0.960. The summed E-state index contributed by atoms with van der Waals surface area (Å²) in [5.41, 5.74) is 5.40. The zero-order valence-electron chi connectivity index (χ0n) is 12.2. The fourth-order valence-electron chi connectivity index (χ4n) is 1.90. The van der Waals surface area contributed by atoms with E-state index >= 15 is 0 Å². The first-order valence-electron chi connectivity index (χ1n) is 6.98. The van der Waals surface area contributed by atoms with Gasteiger partial charge in [0.1, 0.15) is 4.90 Å². The van der Waals surface area contributed by atoms with Crippen LogP contribution in [-0.4, -0.2) is 55.8 Å². The van der Waals surface area contributed by atoms with Gasteiger partial charge in [0, 0.05) is 25.8 Å². The quantitative estimate of drug-likeness (QED) is 0.627. The van der Waals surface area contributed by atoms with Gasteiger partial charge in [0.05, 0.1) is 12.7 Å². The normalized spacial score (nSPS) is 12.2. The number of sulfonamides is 1. The number of aromatic nitrogens is 2. The fraction of sp³-hybridized carbons (Fsp3) is 0.750. The van der Waals surface area contributed by atoms with E-state index in [4.69, 9.17) is 5.73 Å². The molecule has 1 heterocycles. The van der Waals surface area contributed by atoms with Gasteiger partial charge in [-0.1, -0.05) is 13.8 Å². The first-order chi connectivity index (χ1) is 9.53. The second-order valence-corrected chi connectivity index (χ2v) is 6.33. The van der Waals surface area contributed by atoms with E-state index in [0.717, 1.165) is 19.5 Å². The van der Waals surface area contributed by atoms with Gasteiger partial charge in [0.2, 0.25) is 10.0 Å². The van der Waals surface area contributed by atoms with Crippen molar-refractivity contribution in [2.24, 2.45) is 5.73 Å². The SMILES string of the molecule is CCCN(CC)CCNS(=O)(=O)c1cnn(CCN)c1. The molecule has 0 saturated heterocycles. The Morgan fingerprint density at radius 2 is 2.15 bits per heavy atom. The molecule has 0 atom stereocenters. The van der Waals surface area contributed by atoms with Crippen LogP contribution in [0.4, 0.5) is 0 Å². The third kappa shape index (κ3) is 5.20. The Balaban J connectivity index is 2.52. The molecule has 1 rings (SSSR count). The molecule has 0 bridgehead atoms. The van der Waals surface area contributed by atoms with E-state index in [0.29, 0.717) is 26.2 Å². The van der Waals surface area contributed by atoms with Gasteiger partial charge in [-0.05, 0) is 19.5 Å². The predicted molar refractivity (Wildman–Crippen MR) is 78.9 cm³/mol. The lowest BCUT2D eigenvalue weighted by molar-refractivity contribution is 0.293. The van der Waals surface area contributed by atoms with Gasteiger partial charge >= 0.3 is 0 Å². The molecule has 116 valence electrons. The van der Waals surface area contributed by atoms with Crippen molar-refractivity contribution in [1.82, 2.24) is 19.4 Å². The number of nitrogens with one attached hydrogen (secondary N) is 1. The van der Waals surface area contributed by atoms with Crippen molar-refractivity contribution >= 4 is 10.0 Å². The minimum absolute atomic E-state index is 0.185. The second kappa shape index (κ2) is 8.35. The van der Waals surface area contributed by atoms with Crippen LogP contribution in [0.25, 0.3) is 0 Å². The summed E-state index contributed by atoms with van der Waals surface area (Å²) in [6, 6.07) is 0. The minimum atomic E-state index is -3.48. The Morgan fingerprint density at radius 3 is 2.75 bits per heavy atom. The van der Waals surface area contributed by atoms with Gasteiger partial charge in [-0.25, -0.2) is 13.1 Å². The summed E-state index contributed by atoms with van der Waals surface area (Å²) in [5.74, 6) is 0. The van der Waals surface area contributed by atoms with Crippen LogP contribution in [0.1, 0.15) is 20.3 Å². The van der Waals surface area contributed by atoms with Crippen LogP contribution >= 0.6 is 0 Å². The van der Waals surface area contributed by atoms with Crippen LogP contribution in [0.5, 0.6) is 0 Å². The maximum Gasteiger partial charge on any atom is 0.243 e. The van der Waals surface area contributed by atoms with Crippen molar-refractivity contribution in [3.05, 3.63) is 12.4 Å². The van der Waals surface area contributed by atoms with Gasteiger partial charge < -0.3 is 10.6 Å². The average Bonchev–Trinajstić information content (AvgIpc) is 2.87. The van der Waals surface area contributed by atoms with E-state index in [9.17, 15) is 8.42 Å². The lowest BCUT2D eigenvalue weighted by Crippen LogP contribution is -2.35. The summed E-state index contributed by atoms with van der Waals surface area (Å²) < 4.78 is 28.3. The van der Waals surface area contributed by atoms with Crippen molar-refractivity contribution < 1.29 is 8.42 Å². The van der Waals surface area contributed by atoms with Gasteiger partial charge in [0.25, 0.3) is 0 Å². The predicted octanol–water partition coefficient (Wildman–Crippen LogP) is -0.148. The summed E-state index contributed by atoms with van der Waals surface area (Å²) >= 11 is 0. The molecule has 0 fully saturated rings. The van der Waals surface area contributed by atoms with Crippen LogP contribution in [0, 0.1) is 0 Å². The van der Waals surface area contributed by atoms with E-state index in [1.807, 2.05) is 0 Å². The maximum atomic E-state index is 12.1. The van der Waals surface area contributed by atoms with Crippen LogP contribution in [-0.2, 0) is 16.6 Å². The van der Waals surface area contributed by atoms with Crippen LogP contribution < -0.4 is 10.5 Å². The van der Waals surface area contributed by atoms with Crippen molar-refractivity contribution in [1.29, 1.82) is 0 Å². The number of hydrogen-bond acceptors (Lipinski definition) is 5. The van der Waals surface area contributed by atoms with Crippen molar-refractivity contribution in [3.63, 3.8) is 0 Å². The van der Waals surface area contributed by atoms with Gasteiger partial charge in [0.15, 0.2) is 0 Å². The highest BCUT2D eigenvalue weighted by atomic mass is 32.2. The van der Waals surface area contributed by atoms with E-state index in [2.05, 4.69) is 28.6 Å². The highest BCUT2D eigenvalue weighted by molar-refractivity contribution is 7.89. The first kappa shape index (κ1) is 17.1. The van der Waals surface area contributed by atoms with Gasteiger partial charge in [-0.3, -0.25) is 4.68 Å². The molecule has 3 N–H and O–H groups in total. The third-order valence-corrected chi connectivity index (χ3v) is 4.40. The Morgan fingerprint density at radius 1 is 1.40 bits per heavy atom. The summed E-state index contributed by atoms with van der Waals surface area (Å²) in [4.78, 5) is 2.39. The molecule has 0 aliphatic carbocycles. The number of hydrogen-bond donors (Lipinski definition) is 2. The zero-order chi connectivity index (χ0) is 15.0. The van der Waals surface area contributed by atoms with E-state index in [1.165, 1.54) is 17.1 Å². The van der Waals surface area contributed by atoms with Gasteiger partial charge in [-0.2, -0.15) is 5.10 Å². The molecule has 7 nitrogen and oxygen atoms in total. The molecule has 0 aliphatic heterocycles. The van der Waals surface area contributed by atoms with E-state index < -0.39 is 10.0 Å². The molecule has 1 aromatic heterocycles. The number of rotatable bonds is 10. The van der Waals surface area contributed by atoms with Crippen LogP contribution in [0.15, 0.2) is 17.3 Å². The standard InChI is InChI=1S/C12H25N5O2S/c1-3-7-16(4-2)9-6-15-20(18,19)12-10-14-17(11-12)8-5-13/h10-11,15H,3-9,13H2,1-2H3. The molecule has 0 aromatic carbocycles. The molecule has 0 radical (unpaired) electrons. The molecular weight excluding hydrogens is 278 g/mol. The maximum absolute atomic E-state index is 12.1. The number of likely N-dealkylation sites (N-methyl/N-ethyl adjacent to an activating group) is 1. The highest BCUT2D eigenvalue weighted by Gasteiger charge is 2.16. The lowest BCUT2D eigenvalue weighted by Gasteiger charge is -2.19. The van der Waals surface area contributed by atoms with Crippen molar-refractivity contribution in [3.8, 4) is 0 Å². The lowest BCUT2D eigenvalue weighted by atomic mass is 10.4. The Kier molecular flexibility index (Phi) is 7.14. The van der Waals surface area contributed by atoms with Crippen molar-refractivity contribution in [2.45, 2.75) is 31.7 Å². The van der Waals surface area contributed by atoms with Crippen LogP contribution in [0.2, 0.25) is 0 Å². The largest absolute Gasteiger partial charge is 0.329 e. The summed E-state index contributed by atoms with van der Waals surface area (Å²) in [6.07, 6.45) is 3.91. The second-order valence-electron chi connectivity index (χ2n) is 4.56. The monoisotopic (exact) mass is 303 g/mol. The summed E-state index contributed by atoms with van der Waals surface area (Å²) in [5, 5.41) is 3.97. The smallest absolute Gasteiger partial charge is 0.243 e. The van der Waals surface area contributed by atoms with Crippen LogP contribution in [0.3, 0.4) is 0 Å². The highest BCUT2D eigenvalue weighted by Crippen LogP contribution is 2.06. The van der Waals surface area contributed by atoms with E-state index in [-0.39, 0.29) is 4.90 Å². The molecule has 0 unspecified atom stereocenters. The Bertz CT molecular complexity index is 486. The van der Waals surface area contributed by atoms with Crippen molar-refractivity contribution in [2.75, 3.05) is 32.7 Å². The molecule has 0 saturated carbocycles.